The van der Waals surface area contributed by atoms with E-state index in [0.717, 1.165) is 28.8 Å². The average molecular weight is 616 g/mol. The third kappa shape index (κ3) is 4.84. The summed E-state index contributed by atoms with van der Waals surface area (Å²) >= 11 is 0. The van der Waals surface area contributed by atoms with Crippen molar-refractivity contribution < 1.29 is 4.74 Å². The van der Waals surface area contributed by atoms with Gasteiger partial charge in [0.1, 0.15) is 18.3 Å². The van der Waals surface area contributed by atoms with Gasteiger partial charge in [-0.2, -0.15) is 0 Å². The van der Waals surface area contributed by atoms with E-state index in [1.54, 1.807) is 0 Å². The molecule has 4 aromatic carbocycles. The highest BCUT2D eigenvalue weighted by Gasteiger charge is 2.39. The third-order valence-electron chi connectivity index (χ3n) is 11.3. The van der Waals surface area contributed by atoms with Crippen molar-refractivity contribution in [3.05, 3.63) is 151 Å². The first-order valence-corrected chi connectivity index (χ1v) is 17.4. The summed E-state index contributed by atoms with van der Waals surface area (Å²) in [6.45, 7) is 5.21. The van der Waals surface area contributed by atoms with Gasteiger partial charge in [-0.3, -0.25) is 4.99 Å². The number of allylic oxidation sites excluding steroid dienone is 1. The molecule has 234 valence electrons. The van der Waals surface area contributed by atoms with Crippen LogP contribution in [0.4, 0.5) is 0 Å². The number of hydrogen-bond acceptors (Lipinski definition) is 4. The molecule has 0 saturated carbocycles. The van der Waals surface area contributed by atoms with Crippen molar-refractivity contribution in [2.45, 2.75) is 51.2 Å². The van der Waals surface area contributed by atoms with Crippen LogP contribution in [0.25, 0.3) is 17.2 Å². The number of nitrogens with zero attached hydrogens (tertiary/aromatic N) is 3. The summed E-state index contributed by atoms with van der Waals surface area (Å²) in [4.78, 5) is 13.2. The van der Waals surface area contributed by atoms with Gasteiger partial charge in [0.25, 0.3) is 0 Å². The Balaban J connectivity index is 1.26. The minimum atomic E-state index is -0.0848. The number of para-hydroxylation sites is 1. The van der Waals surface area contributed by atoms with Gasteiger partial charge in [0.05, 0.1) is 11.6 Å². The van der Waals surface area contributed by atoms with Crippen LogP contribution in [0.3, 0.4) is 0 Å². The monoisotopic (exact) mass is 615 g/mol. The van der Waals surface area contributed by atoms with Crippen LogP contribution in [0.15, 0.2) is 112 Å². The molecular weight excluding hydrogens is 574 g/mol. The number of dihydropyridines is 1. The standard InChI is InChI=1S/C43H41N3O/c1-27-24-30-12-6-7-13-31(30)33-18-19-35-34(39(27)33)17-16-32(29-20-22-46(2)23-21-29)40(35)43-41-36-14-8-9-15-37(36)45-42(41)38(25-44-43)47-26-28-10-4-3-5-11-28/h3-15,18-19,24-25,27,29,32,43H,16-17,20-23,26H2,1-2H3. The second-order valence-electron chi connectivity index (χ2n) is 14.0. The highest BCUT2D eigenvalue weighted by atomic mass is 16.5. The maximum absolute atomic E-state index is 6.49. The first-order valence-electron chi connectivity index (χ1n) is 17.4. The lowest BCUT2D eigenvalue weighted by molar-refractivity contribution is 0.185. The zero-order valence-electron chi connectivity index (χ0n) is 27.3. The van der Waals surface area contributed by atoms with Crippen molar-refractivity contribution in [3.8, 4) is 0 Å². The molecule has 3 atom stereocenters. The van der Waals surface area contributed by atoms with Crippen LogP contribution in [-0.2, 0) is 17.8 Å². The van der Waals surface area contributed by atoms with Gasteiger partial charge in [-0.05, 0) is 107 Å². The predicted molar refractivity (Wildman–Crippen MR) is 189 cm³/mol. The lowest BCUT2D eigenvalue weighted by Crippen LogP contribution is -2.41. The molecule has 0 spiro atoms. The van der Waals surface area contributed by atoms with Crippen LogP contribution in [-0.4, -0.2) is 37.3 Å². The minimum Gasteiger partial charge on any atom is -0.485 e. The molecule has 3 aliphatic heterocycles. The highest BCUT2D eigenvalue weighted by molar-refractivity contribution is 5.94. The zero-order valence-corrected chi connectivity index (χ0v) is 27.3. The van der Waals surface area contributed by atoms with E-state index in [9.17, 15) is 0 Å². The first-order chi connectivity index (χ1) is 23.1. The number of likely N-dealkylation sites (tertiary alicyclic amines) is 1. The van der Waals surface area contributed by atoms with E-state index in [2.05, 4.69) is 110 Å². The number of aliphatic imine (C=N–C) groups is 1. The summed E-state index contributed by atoms with van der Waals surface area (Å²) in [6.07, 6.45) is 9.24. The SMILES string of the molecule is CC1C=c2ccccc2=c2ccc3c(c21)CCC(C1CCN(C)CC1)C=3C1N=CC(OCc2ccccc2)=C2N=c3ccccc3=C21. The summed E-state index contributed by atoms with van der Waals surface area (Å²) in [5.41, 5.74) is 7.88. The maximum atomic E-state index is 6.49. The fourth-order valence-electron chi connectivity index (χ4n) is 9.05. The Bertz CT molecular complexity index is 2310. The Morgan fingerprint density at radius 1 is 0.787 bits per heavy atom. The Hall–Kier alpha value is -4.54. The van der Waals surface area contributed by atoms with Crippen LogP contribution in [0.1, 0.15) is 48.8 Å². The smallest absolute Gasteiger partial charge is 0.163 e. The second kappa shape index (κ2) is 11.6. The first kappa shape index (κ1) is 28.7. The molecule has 0 N–H and O–H groups in total. The molecular formula is C43H41N3O. The van der Waals surface area contributed by atoms with Gasteiger partial charge in [0.15, 0.2) is 5.76 Å². The molecule has 3 unspecified atom stereocenters. The van der Waals surface area contributed by atoms with Gasteiger partial charge in [-0.1, -0.05) is 97.9 Å². The molecule has 0 bridgehead atoms. The second-order valence-corrected chi connectivity index (χ2v) is 14.0. The Labute approximate surface area is 276 Å². The summed E-state index contributed by atoms with van der Waals surface area (Å²) in [6, 6.07) is 32.7. The maximum Gasteiger partial charge on any atom is 0.163 e. The molecule has 0 aromatic heterocycles. The molecule has 0 radical (unpaired) electrons. The van der Waals surface area contributed by atoms with Crippen LogP contribution in [0, 0.1) is 22.3 Å². The van der Waals surface area contributed by atoms with Crippen LogP contribution >= 0.6 is 0 Å². The fourth-order valence-corrected chi connectivity index (χ4v) is 9.05. The number of rotatable bonds is 5. The van der Waals surface area contributed by atoms with E-state index in [1.807, 2.05) is 12.3 Å². The molecule has 1 saturated heterocycles. The minimum absolute atomic E-state index is 0.0848. The van der Waals surface area contributed by atoms with E-state index >= 15 is 0 Å². The van der Waals surface area contributed by atoms with Crippen molar-refractivity contribution in [1.29, 1.82) is 0 Å². The summed E-state index contributed by atoms with van der Waals surface area (Å²) in [5, 5.41) is 7.77. The molecule has 4 heteroatoms. The van der Waals surface area contributed by atoms with E-state index < -0.39 is 0 Å². The number of benzene rings is 4. The molecule has 1 fully saturated rings. The summed E-state index contributed by atoms with van der Waals surface area (Å²) in [7, 11) is 2.27. The van der Waals surface area contributed by atoms with E-state index in [-0.39, 0.29) is 6.04 Å². The molecule has 2 aliphatic carbocycles. The predicted octanol–water partition coefficient (Wildman–Crippen LogP) is 5.29. The van der Waals surface area contributed by atoms with Gasteiger partial charge < -0.3 is 9.64 Å². The van der Waals surface area contributed by atoms with Crippen molar-refractivity contribution in [2.75, 3.05) is 20.1 Å². The quantitative estimate of drug-likeness (QED) is 0.306. The lowest BCUT2D eigenvalue weighted by Gasteiger charge is -2.40. The molecule has 4 aromatic rings. The lowest BCUT2D eigenvalue weighted by atomic mass is 9.68. The Morgan fingerprint density at radius 2 is 1.53 bits per heavy atom. The van der Waals surface area contributed by atoms with Gasteiger partial charge >= 0.3 is 0 Å². The molecule has 5 aliphatic rings. The normalized spacial score (nSPS) is 23.2. The molecule has 0 amide bonds. The van der Waals surface area contributed by atoms with Crippen LogP contribution in [0.2, 0.25) is 0 Å². The van der Waals surface area contributed by atoms with E-state index in [1.165, 1.54) is 80.7 Å². The van der Waals surface area contributed by atoms with E-state index in [0.29, 0.717) is 24.4 Å². The molecule has 3 heterocycles. The molecule has 4 nitrogen and oxygen atoms in total. The number of hydrogen-bond donors (Lipinski definition) is 0. The number of fused-ring (bicyclic) bond motifs is 6. The van der Waals surface area contributed by atoms with Gasteiger partial charge in [-0.25, -0.2) is 4.99 Å². The highest BCUT2D eigenvalue weighted by Crippen LogP contribution is 2.43. The van der Waals surface area contributed by atoms with E-state index in [4.69, 9.17) is 14.7 Å². The molecule has 47 heavy (non-hydrogen) atoms. The topological polar surface area (TPSA) is 37.2 Å². The summed E-state index contributed by atoms with van der Waals surface area (Å²) < 4.78 is 6.49. The number of ether oxygens (including phenoxy) is 1. The number of piperidine rings is 1. The fraction of sp³-hybridized carbons (Fsp3) is 0.302. The van der Waals surface area contributed by atoms with Crippen molar-refractivity contribution in [2.24, 2.45) is 21.8 Å². The average Bonchev–Trinajstić information content (AvgIpc) is 3.51. The Morgan fingerprint density at radius 3 is 2.38 bits per heavy atom. The van der Waals surface area contributed by atoms with Gasteiger partial charge in [-0.15, -0.1) is 0 Å². The van der Waals surface area contributed by atoms with Crippen molar-refractivity contribution >= 4 is 23.4 Å². The van der Waals surface area contributed by atoms with Crippen molar-refractivity contribution in [3.63, 3.8) is 0 Å². The summed E-state index contributed by atoms with van der Waals surface area (Å²) in [5.74, 6) is 2.28. The third-order valence-corrected chi connectivity index (χ3v) is 11.3. The van der Waals surface area contributed by atoms with Gasteiger partial charge in [0, 0.05) is 16.7 Å². The van der Waals surface area contributed by atoms with Crippen LogP contribution in [0.5, 0.6) is 0 Å². The van der Waals surface area contributed by atoms with Crippen LogP contribution < -0.4 is 21.0 Å². The Kier molecular flexibility index (Phi) is 7.08. The van der Waals surface area contributed by atoms with Crippen molar-refractivity contribution in [1.82, 2.24) is 4.90 Å². The zero-order chi connectivity index (χ0) is 31.5. The molecule has 9 rings (SSSR count). The largest absolute Gasteiger partial charge is 0.485 e. The van der Waals surface area contributed by atoms with Gasteiger partial charge in [0.2, 0.25) is 0 Å².